The van der Waals surface area contributed by atoms with Crippen LogP contribution in [0.5, 0.6) is 5.75 Å². The second-order valence-electron chi connectivity index (χ2n) is 4.87. The molecule has 0 fully saturated rings. The van der Waals surface area contributed by atoms with Crippen LogP contribution >= 0.6 is 0 Å². The Kier molecular flexibility index (Phi) is 4.13. The molecule has 20 heavy (non-hydrogen) atoms. The molecule has 0 aliphatic heterocycles. The van der Waals surface area contributed by atoms with Crippen molar-refractivity contribution in [2.45, 2.75) is 13.5 Å². The maximum atomic E-state index is 13.4. The Morgan fingerprint density at radius 2 is 2.00 bits per heavy atom. The molecule has 0 spiro atoms. The first-order valence-electron chi connectivity index (χ1n) is 6.41. The zero-order valence-electron chi connectivity index (χ0n) is 12.0. The minimum atomic E-state index is -0.277. The zero-order valence-corrected chi connectivity index (χ0v) is 12.0. The number of ether oxygens (including phenoxy) is 1. The normalized spacial score (nSPS) is 10.4. The van der Waals surface area contributed by atoms with E-state index < -0.39 is 0 Å². The van der Waals surface area contributed by atoms with E-state index in [0.717, 1.165) is 17.0 Å². The summed E-state index contributed by atoms with van der Waals surface area (Å²) in [7, 11) is 3.58. The number of nitrogens with zero attached hydrogens (tertiary/aromatic N) is 1. The van der Waals surface area contributed by atoms with Gasteiger partial charge in [0.05, 0.1) is 18.5 Å². The Balaban J connectivity index is 2.23. The third kappa shape index (κ3) is 3.02. The molecule has 0 aliphatic rings. The van der Waals surface area contributed by atoms with Crippen molar-refractivity contribution >= 4 is 11.4 Å². The van der Waals surface area contributed by atoms with Gasteiger partial charge in [-0.05, 0) is 42.3 Å². The number of rotatable bonds is 4. The molecule has 0 saturated carbocycles. The lowest BCUT2D eigenvalue weighted by Crippen LogP contribution is -2.18. The summed E-state index contributed by atoms with van der Waals surface area (Å²) in [6.07, 6.45) is 0. The highest BCUT2D eigenvalue weighted by atomic mass is 19.1. The Hall–Kier alpha value is -2.23. The smallest absolute Gasteiger partial charge is 0.128 e. The summed E-state index contributed by atoms with van der Waals surface area (Å²) >= 11 is 0. The molecular formula is C16H19FN2O. The fraction of sp³-hybridized carbons (Fsp3) is 0.250. The van der Waals surface area contributed by atoms with Crippen molar-refractivity contribution < 1.29 is 9.13 Å². The molecular weight excluding hydrogens is 255 g/mol. The van der Waals surface area contributed by atoms with E-state index >= 15 is 0 Å². The van der Waals surface area contributed by atoms with Gasteiger partial charge < -0.3 is 15.4 Å². The van der Waals surface area contributed by atoms with Gasteiger partial charge in [-0.3, -0.25) is 0 Å². The molecule has 0 unspecified atom stereocenters. The van der Waals surface area contributed by atoms with Crippen LogP contribution in [0.1, 0.15) is 11.1 Å². The fourth-order valence-corrected chi connectivity index (χ4v) is 2.14. The predicted molar refractivity (Wildman–Crippen MR) is 80.7 cm³/mol. The molecule has 2 aromatic carbocycles. The summed E-state index contributed by atoms with van der Waals surface area (Å²) < 4.78 is 18.6. The number of anilines is 2. The van der Waals surface area contributed by atoms with E-state index in [1.54, 1.807) is 20.1 Å². The molecule has 3 nitrogen and oxygen atoms in total. The Bertz CT molecular complexity index is 613. The van der Waals surface area contributed by atoms with Crippen LogP contribution in [0.4, 0.5) is 15.8 Å². The summed E-state index contributed by atoms with van der Waals surface area (Å²) in [4.78, 5) is 2.00. The Morgan fingerprint density at radius 3 is 2.70 bits per heavy atom. The molecule has 0 atom stereocenters. The maximum Gasteiger partial charge on any atom is 0.128 e. The van der Waals surface area contributed by atoms with Crippen LogP contribution in [0.2, 0.25) is 0 Å². The van der Waals surface area contributed by atoms with Crippen molar-refractivity contribution in [3.8, 4) is 5.75 Å². The average molecular weight is 274 g/mol. The van der Waals surface area contributed by atoms with Gasteiger partial charge in [0.15, 0.2) is 0 Å². The maximum absolute atomic E-state index is 13.4. The molecule has 0 radical (unpaired) electrons. The molecule has 2 aromatic rings. The summed E-state index contributed by atoms with van der Waals surface area (Å²) in [5, 5.41) is 0. The number of nitrogens with two attached hydrogens (primary N) is 1. The molecule has 2 N–H and O–H groups in total. The van der Waals surface area contributed by atoms with Crippen LogP contribution in [0.25, 0.3) is 0 Å². The van der Waals surface area contributed by atoms with Crippen LogP contribution in [0.3, 0.4) is 0 Å². The molecule has 0 saturated heterocycles. The fourth-order valence-electron chi connectivity index (χ4n) is 2.14. The largest absolute Gasteiger partial charge is 0.497 e. The van der Waals surface area contributed by atoms with E-state index in [4.69, 9.17) is 10.5 Å². The Labute approximate surface area is 118 Å². The molecule has 0 heterocycles. The first-order chi connectivity index (χ1) is 9.51. The topological polar surface area (TPSA) is 38.5 Å². The summed E-state index contributed by atoms with van der Waals surface area (Å²) in [6.45, 7) is 2.41. The van der Waals surface area contributed by atoms with E-state index in [1.165, 1.54) is 6.07 Å². The number of methoxy groups -OCH3 is 1. The lowest BCUT2D eigenvalue weighted by molar-refractivity contribution is 0.414. The van der Waals surface area contributed by atoms with Gasteiger partial charge in [-0.15, -0.1) is 0 Å². The number of hydrogen-bond donors (Lipinski definition) is 1. The van der Waals surface area contributed by atoms with Gasteiger partial charge in [-0.1, -0.05) is 12.1 Å². The molecule has 0 bridgehead atoms. The number of hydrogen-bond acceptors (Lipinski definition) is 3. The van der Waals surface area contributed by atoms with E-state index in [2.05, 4.69) is 0 Å². The highest BCUT2D eigenvalue weighted by Crippen LogP contribution is 2.27. The van der Waals surface area contributed by atoms with Crippen LogP contribution in [0.15, 0.2) is 36.4 Å². The number of halogens is 1. The first kappa shape index (κ1) is 14.2. The SMILES string of the molecule is COc1cccc(CN(C)c2cc(C)c(F)cc2N)c1. The number of aryl methyl sites for hydroxylation is 1. The second-order valence-corrected chi connectivity index (χ2v) is 4.87. The van der Waals surface area contributed by atoms with Gasteiger partial charge >= 0.3 is 0 Å². The lowest BCUT2D eigenvalue weighted by atomic mass is 10.1. The van der Waals surface area contributed by atoms with E-state index in [-0.39, 0.29) is 5.82 Å². The molecule has 0 aliphatic carbocycles. The third-order valence-electron chi connectivity index (χ3n) is 3.27. The van der Waals surface area contributed by atoms with Crippen molar-refractivity contribution in [1.82, 2.24) is 0 Å². The molecule has 0 amide bonds. The minimum Gasteiger partial charge on any atom is -0.497 e. The van der Waals surface area contributed by atoms with Gasteiger partial charge in [0, 0.05) is 13.6 Å². The monoisotopic (exact) mass is 274 g/mol. The average Bonchev–Trinajstić information content (AvgIpc) is 2.43. The van der Waals surface area contributed by atoms with Gasteiger partial charge in [0.25, 0.3) is 0 Å². The van der Waals surface area contributed by atoms with Crippen LogP contribution in [0, 0.1) is 12.7 Å². The van der Waals surface area contributed by atoms with Crippen LogP contribution in [-0.2, 0) is 6.54 Å². The summed E-state index contributed by atoms with van der Waals surface area (Å²) in [5.74, 6) is 0.542. The molecule has 4 heteroatoms. The summed E-state index contributed by atoms with van der Waals surface area (Å²) in [5.41, 5.74) is 8.86. The number of nitrogen functional groups attached to an aromatic ring is 1. The van der Waals surface area contributed by atoms with E-state index in [9.17, 15) is 4.39 Å². The quantitative estimate of drug-likeness (QED) is 0.869. The second kappa shape index (κ2) is 5.82. The van der Waals surface area contributed by atoms with Crippen molar-refractivity contribution in [3.63, 3.8) is 0 Å². The highest BCUT2D eigenvalue weighted by molar-refractivity contribution is 5.68. The summed E-state index contributed by atoms with van der Waals surface area (Å²) in [6, 6.07) is 11.0. The van der Waals surface area contributed by atoms with Crippen LogP contribution in [-0.4, -0.2) is 14.2 Å². The third-order valence-corrected chi connectivity index (χ3v) is 3.27. The zero-order chi connectivity index (χ0) is 14.7. The molecule has 2 rings (SSSR count). The number of benzene rings is 2. The van der Waals surface area contributed by atoms with Crippen LogP contribution < -0.4 is 15.4 Å². The Morgan fingerprint density at radius 1 is 1.25 bits per heavy atom. The van der Waals surface area contributed by atoms with Gasteiger partial charge in [0.1, 0.15) is 11.6 Å². The van der Waals surface area contributed by atoms with Crippen molar-refractivity contribution in [2.24, 2.45) is 0 Å². The molecule has 106 valence electrons. The van der Waals surface area contributed by atoms with Crippen molar-refractivity contribution in [1.29, 1.82) is 0 Å². The van der Waals surface area contributed by atoms with Gasteiger partial charge in [-0.25, -0.2) is 4.39 Å². The highest BCUT2D eigenvalue weighted by Gasteiger charge is 2.10. The van der Waals surface area contributed by atoms with Crippen molar-refractivity contribution in [3.05, 3.63) is 53.3 Å². The van der Waals surface area contributed by atoms with Crippen molar-refractivity contribution in [2.75, 3.05) is 24.8 Å². The predicted octanol–water partition coefficient (Wildman–Crippen LogP) is 3.36. The molecule has 0 aromatic heterocycles. The standard InChI is InChI=1S/C16H19FN2O/c1-11-7-16(15(18)9-14(11)17)19(2)10-12-5-4-6-13(8-12)20-3/h4-9H,10,18H2,1-3H3. The van der Waals surface area contributed by atoms with Gasteiger partial charge in [-0.2, -0.15) is 0 Å². The van der Waals surface area contributed by atoms with E-state index in [1.807, 2.05) is 36.2 Å². The first-order valence-corrected chi connectivity index (χ1v) is 6.41. The van der Waals surface area contributed by atoms with Gasteiger partial charge in [0.2, 0.25) is 0 Å². The minimum absolute atomic E-state index is 0.277. The van der Waals surface area contributed by atoms with E-state index in [0.29, 0.717) is 17.8 Å². The lowest BCUT2D eigenvalue weighted by Gasteiger charge is -2.22.